The highest BCUT2D eigenvalue weighted by Gasteiger charge is 2.03. The highest BCUT2D eigenvalue weighted by molar-refractivity contribution is 7.79. The average Bonchev–Trinajstić information content (AvgIpc) is 2.46. The van der Waals surface area contributed by atoms with Gasteiger partial charge in [-0.15, -0.1) is 0 Å². The lowest BCUT2D eigenvalue weighted by Gasteiger charge is -1.85. The lowest BCUT2D eigenvalue weighted by Crippen LogP contribution is -1.72. The summed E-state index contributed by atoms with van der Waals surface area (Å²) in [6.07, 6.45) is 0. The van der Waals surface area contributed by atoms with E-state index in [2.05, 4.69) is 17.6 Å². The van der Waals surface area contributed by atoms with Crippen molar-refractivity contribution in [3.05, 3.63) is 29.1 Å². The minimum Gasteiger partial charge on any atom is -0.440 e. The van der Waals surface area contributed by atoms with Gasteiger partial charge in [-0.2, -0.15) is 12.6 Å². The van der Waals surface area contributed by atoms with Gasteiger partial charge in [-0.25, -0.2) is 4.98 Å². The molecule has 2 nitrogen and oxygen atoms in total. The Kier molecular flexibility index (Phi) is 1.98. The number of rotatable bonds is 1. The van der Waals surface area contributed by atoms with Crippen LogP contribution in [0.3, 0.4) is 0 Å². The molecule has 0 N–H and O–H groups in total. The molecule has 0 radical (unpaired) electrons. The molecule has 2 rings (SSSR count). The van der Waals surface area contributed by atoms with E-state index in [-0.39, 0.29) is 0 Å². The van der Waals surface area contributed by atoms with E-state index in [0.717, 1.165) is 11.1 Å². The summed E-state index contributed by atoms with van der Waals surface area (Å²) >= 11 is 9.83. The van der Waals surface area contributed by atoms with Gasteiger partial charge in [0.1, 0.15) is 5.52 Å². The molecule has 1 aromatic carbocycles. The summed E-state index contributed by atoms with van der Waals surface area (Å²) in [5.74, 6) is 1.13. The molecule has 0 saturated heterocycles. The van der Waals surface area contributed by atoms with Crippen LogP contribution in [-0.2, 0) is 5.75 Å². The van der Waals surface area contributed by atoms with Crippen molar-refractivity contribution in [2.75, 3.05) is 0 Å². The summed E-state index contributed by atoms with van der Waals surface area (Å²) in [5, 5.41) is 0.668. The molecule has 0 aliphatic heterocycles. The molecule has 0 aliphatic carbocycles. The fourth-order valence-corrected chi connectivity index (χ4v) is 1.32. The van der Waals surface area contributed by atoms with Gasteiger partial charge < -0.3 is 4.42 Å². The molecular formula is C8H6ClNOS. The number of hydrogen-bond donors (Lipinski definition) is 1. The fourth-order valence-electron chi connectivity index (χ4n) is 1.02. The molecule has 0 spiro atoms. The Bertz CT molecular complexity index is 412. The number of halogens is 1. The second-order valence-electron chi connectivity index (χ2n) is 2.38. The van der Waals surface area contributed by atoms with Crippen LogP contribution in [0, 0.1) is 0 Å². The number of fused-ring (bicyclic) bond motifs is 1. The van der Waals surface area contributed by atoms with Crippen molar-refractivity contribution in [2.45, 2.75) is 5.75 Å². The van der Waals surface area contributed by atoms with E-state index in [9.17, 15) is 0 Å². The molecule has 0 fully saturated rings. The molecular weight excluding hydrogens is 194 g/mol. The van der Waals surface area contributed by atoms with Gasteiger partial charge in [0.25, 0.3) is 0 Å². The van der Waals surface area contributed by atoms with Crippen molar-refractivity contribution >= 4 is 35.3 Å². The first-order chi connectivity index (χ1) is 5.79. The lowest BCUT2D eigenvalue weighted by molar-refractivity contribution is 0.556. The summed E-state index contributed by atoms with van der Waals surface area (Å²) in [4.78, 5) is 4.16. The number of aromatic nitrogens is 1. The number of hydrogen-bond acceptors (Lipinski definition) is 3. The van der Waals surface area contributed by atoms with Crippen molar-refractivity contribution in [2.24, 2.45) is 0 Å². The first kappa shape index (κ1) is 7.95. The molecule has 12 heavy (non-hydrogen) atoms. The third-order valence-corrected chi connectivity index (χ3v) is 2.03. The van der Waals surface area contributed by atoms with Crippen LogP contribution in [-0.4, -0.2) is 4.98 Å². The van der Waals surface area contributed by atoms with Crippen molar-refractivity contribution < 1.29 is 4.42 Å². The summed E-state index contributed by atoms with van der Waals surface area (Å²) in [7, 11) is 0. The van der Waals surface area contributed by atoms with Crippen LogP contribution in [0.1, 0.15) is 5.89 Å². The monoisotopic (exact) mass is 199 g/mol. The molecule has 0 bridgehead atoms. The molecule has 0 amide bonds. The van der Waals surface area contributed by atoms with Gasteiger partial charge in [0.05, 0.1) is 5.75 Å². The molecule has 1 heterocycles. The standard InChI is InChI=1S/C8H6ClNOS/c9-5-1-2-7-6(3-5)10-8(4-12)11-7/h1-3,12H,4H2. The Morgan fingerprint density at radius 3 is 3.08 bits per heavy atom. The Hall–Kier alpha value is -0.670. The van der Waals surface area contributed by atoms with Gasteiger partial charge >= 0.3 is 0 Å². The zero-order valence-electron chi connectivity index (χ0n) is 6.12. The smallest absolute Gasteiger partial charge is 0.205 e. The normalized spacial score (nSPS) is 10.8. The number of nitrogens with zero attached hydrogens (tertiary/aromatic N) is 1. The van der Waals surface area contributed by atoms with Crippen LogP contribution in [0.2, 0.25) is 5.02 Å². The van der Waals surface area contributed by atoms with Gasteiger partial charge in [-0.1, -0.05) is 11.6 Å². The van der Waals surface area contributed by atoms with Gasteiger partial charge in [-0.3, -0.25) is 0 Å². The molecule has 62 valence electrons. The minimum absolute atomic E-state index is 0.506. The first-order valence-corrected chi connectivity index (χ1v) is 4.46. The Balaban J connectivity index is 2.67. The van der Waals surface area contributed by atoms with Gasteiger partial charge in [0.2, 0.25) is 5.89 Å². The van der Waals surface area contributed by atoms with E-state index >= 15 is 0 Å². The average molecular weight is 200 g/mol. The predicted molar refractivity (Wildman–Crippen MR) is 51.7 cm³/mol. The molecule has 1 aromatic heterocycles. The zero-order chi connectivity index (χ0) is 8.55. The van der Waals surface area contributed by atoms with Crippen molar-refractivity contribution in [1.29, 1.82) is 0 Å². The topological polar surface area (TPSA) is 26.0 Å². The van der Waals surface area contributed by atoms with E-state index in [0.29, 0.717) is 16.7 Å². The van der Waals surface area contributed by atoms with Crippen molar-refractivity contribution in [1.82, 2.24) is 4.98 Å². The lowest BCUT2D eigenvalue weighted by atomic mass is 10.3. The first-order valence-electron chi connectivity index (χ1n) is 3.45. The van der Waals surface area contributed by atoms with Crippen molar-refractivity contribution in [3.63, 3.8) is 0 Å². The van der Waals surface area contributed by atoms with Crippen LogP contribution in [0.15, 0.2) is 22.6 Å². The van der Waals surface area contributed by atoms with E-state index in [4.69, 9.17) is 16.0 Å². The summed E-state index contributed by atoms with van der Waals surface area (Å²) in [6.45, 7) is 0. The Morgan fingerprint density at radius 1 is 1.50 bits per heavy atom. The maximum absolute atomic E-state index is 5.77. The van der Waals surface area contributed by atoms with E-state index in [1.807, 2.05) is 0 Å². The van der Waals surface area contributed by atoms with Crippen LogP contribution < -0.4 is 0 Å². The van der Waals surface area contributed by atoms with Gasteiger partial charge in [0, 0.05) is 5.02 Å². The quantitative estimate of drug-likeness (QED) is 0.715. The van der Waals surface area contributed by atoms with E-state index in [1.165, 1.54) is 0 Å². The van der Waals surface area contributed by atoms with Crippen LogP contribution in [0.25, 0.3) is 11.1 Å². The van der Waals surface area contributed by atoms with Crippen LogP contribution in [0.5, 0.6) is 0 Å². The second kappa shape index (κ2) is 2.99. The molecule has 0 saturated carbocycles. The number of thiol groups is 1. The predicted octanol–water partition coefficient (Wildman–Crippen LogP) is 2.91. The highest BCUT2D eigenvalue weighted by atomic mass is 35.5. The number of benzene rings is 1. The maximum Gasteiger partial charge on any atom is 0.205 e. The second-order valence-corrected chi connectivity index (χ2v) is 3.13. The summed E-state index contributed by atoms with van der Waals surface area (Å²) < 4.78 is 5.33. The molecule has 0 aliphatic rings. The minimum atomic E-state index is 0.506. The number of oxazole rings is 1. The highest BCUT2D eigenvalue weighted by Crippen LogP contribution is 2.20. The van der Waals surface area contributed by atoms with E-state index in [1.54, 1.807) is 18.2 Å². The Morgan fingerprint density at radius 2 is 2.33 bits per heavy atom. The third kappa shape index (κ3) is 1.30. The largest absolute Gasteiger partial charge is 0.440 e. The van der Waals surface area contributed by atoms with Gasteiger partial charge in [0.15, 0.2) is 5.58 Å². The fraction of sp³-hybridized carbons (Fsp3) is 0.125. The molecule has 2 aromatic rings. The summed E-state index contributed by atoms with van der Waals surface area (Å²) in [6, 6.07) is 5.35. The van der Waals surface area contributed by atoms with Crippen LogP contribution in [0.4, 0.5) is 0 Å². The maximum atomic E-state index is 5.77. The van der Waals surface area contributed by atoms with E-state index < -0.39 is 0 Å². The summed E-state index contributed by atoms with van der Waals surface area (Å²) in [5.41, 5.74) is 1.54. The molecule has 0 atom stereocenters. The molecule has 0 unspecified atom stereocenters. The van der Waals surface area contributed by atoms with Crippen LogP contribution >= 0.6 is 24.2 Å². The van der Waals surface area contributed by atoms with Gasteiger partial charge in [-0.05, 0) is 18.2 Å². The molecule has 4 heteroatoms. The zero-order valence-corrected chi connectivity index (χ0v) is 7.77. The Labute approximate surface area is 80.0 Å². The third-order valence-electron chi connectivity index (χ3n) is 1.53. The SMILES string of the molecule is SCc1nc2cc(Cl)ccc2o1. The van der Waals surface area contributed by atoms with Crippen molar-refractivity contribution in [3.8, 4) is 0 Å².